The predicted molar refractivity (Wildman–Crippen MR) is 143 cm³/mol. The number of carbonyl (C=O) groups excluding carboxylic acids is 1. The third-order valence-electron chi connectivity index (χ3n) is 4.87. The number of ether oxygens (including phenoxy) is 4. The second-order valence-electron chi connectivity index (χ2n) is 7.27. The van der Waals surface area contributed by atoms with Gasteiger partial charge in [0, 0.05) is 27.4 Å². The first-order valence-corrected chi connectivity index (χ1v) is 12.2. The Balaban J connectivity index is 1.33. The number of hydrogen-bond acceptors (Lipinski definition) is 7. The first-order chi connectivity index (χ1) is 16.9. The van der Waals surface area contributed by atoms with Crippen molar-refractivity contribution >= 4 is 63.6 Å². The van der Waals surface area contributed by atoms with Gasteiger partial charge >= 0.3 is 0 Å². The van der Waals surface area contributed by atoms with E-state index in [9.17, 15) is 4.79 Å². The van der Waals surface area contributed by atoms with E-state index >= 15 is 0 Å². The topological polar surface area (TPSA) is 90.4 Å². The Kier molecular flexibility index (Phi) is 8.42. The number of methoxy groups -OCH3 is 1. The molecule has 11 heteroatoms. The zero-order chi connectivity index (χ0) is 24.8. The molecule has 35 heavy (non-hydrogen) atoms. The molecule has 0 fully saturated rings. The van der Waals surface area contributed by atoms with Crippen LogP contribution in [0.5, 0.6) is 23.0 Å². The summed E-state index contributed by atoms with van der Waals surface area (Å²) >= 11 is 14.3. The number of hydrogen-bond donors (Lipinski definition) is 2. The lowest BCUT2D eigenvalue weighted by molar-refractivity contribution is -0.119. The number of amides is 1. The average molecular weight is 628 g/mol. The van der Waals surface area contributed by atoms with Crippen molar-refractivity contribution in [2.75, 3.05) is 25.8 Å². The van der Waals surface area contributed by atoms with E-state index in [-0.39, 0.29) is 25.9 Å². The number of fused-ring (bicyclic) bond motifs is 1. The zero-order valence-electron chi connectivity index (χ0n) is 18.4. The van der Waals surface area contributed by atoms with Crippen molar-refractivity contribution in [2.45, 2.75) is 6.61 Å². The second-order valence-corrected chi connectivity index (χ2v) is 9.28. The van der Waals surface area contributed by atoms with Crippen molar-refractivity contribution in [3.63, 3.8) is 0 Å². The summed E-state index contributed by atoms with van der Waals surface area (Å²) in [5.74, 6) is 2.12. The monoisotopic (exact) mass is 627 g/mol. The molecule has 4 rings (SSSR count). The Morgan fingerprint density at radius 1 is 1.14 bits per heavy atom. The maximum absolute atomic E-state index is 12.1. The van der Waals surface area contributed by atoms with Crippen LogP contribution < -0.4 is 29.7 Å². The molecule has 2 N–H and O–H groups in total. The molecule has 182 valence electrons. The molecule has 0 aliphatic carbocycles. The molecular weight excluding hydrogens is 608 g/mol. The van der Waals surface area contributed by atoms with Crippen LogP contribution in [0, 0.1) is 3.57 Å². The van der Waals surface area contributed by atoms with E-state index in [0.29, 0.717) is 33.0 Å². The van der Waals surface area contributed by atoms with Crippen LogP contribution in [0.3, 0.4) is 0 Å². The van der Waals surface area contributed by atoms with Gasteiger partial charge in [-0.15, -0.1) is 0 Å². The van der Waals surface area contributed by atoms with Gasteiger partial charge in [-0.2, -0.15) is 5.10 Å². The summed E-state index contributed by atoms with van der Waals surface area (Å²) in [4.78, 5) is 12.1. The molecule has 0 atom stereocenters. The Morgan fingerprint density at radius 2 is 1.97 bits per heavy atom. The molecule has 8 nitrogen and oxygen atoms in total. The van der Waals surface area contributed by atoms with Crippen LogP contribution in [0.2, 0.25) is 10.0 Å². The molecule has 0 saturated carbocycles. The normalized spacial score (nSPS) is 12.0. The number of carbonyl (C=O) groups is 1. The number of benzene rings is 3. The smallest absolute Gasteiger partial charge is 0.259 e. The van der Waals surface area contributed by atoms with Gasteiger partial charge in [-0.05, 0) is 64.6 Å². The van der Waals surface area contributed by atoms with E-state index in [4.69, 9.17) is 42.1 Å². The summed E-state index contributed by atoms with van der Waals surface area (Å²) in [5, 5.41) is 8.14. The Hall–Kier alpha value is -2.89. The molecule has 3 aromatic rings. The SMILES string of the molecule is COc1cc(/C=N\NC(=O)CNc2ccc3c(c2)OCO3)cc(I)c1OCc1ccc(Cl)cc1Cl. The van der Waals surface area contributed by atoms with Crippen LogP contribution in [0.1, 0.15) is 11.1 Å². The van der Waals surface area contributed by atoms with E-state index in [1.807, 2.05) is 18.2 Å². The fourth-order valence-electron chi connectivity index (χ4n) is 3.15. The third-order valence-corrected chi connectivity index (χ3v) is 6.26. The number of anilines is 1. The van der Waals surface area contributed by atoms with Crippen molar-refractivity contribution in [1.82, 2.24) is 5.43 Å². The molecular formula is C24H20Cl2IN3O5. The first-order valence-electron chi connectivity index (χ1n) is 10.3. The van der Waals surface area contributed by atoms with Gasteiger partial charge in [0.2, 0.25) is 6.79 Å². The fourth-order valence-corrected chi connectivity index (χ4v) is 4.39. The van der Waals surface area contributed by atoms with Crippen molar-refractivity contribution < 1.29 is 23.7 Å². The molecule has 0 bridgehead atoms. The second kappa shape index (κ2) is 11.7. The third kappa shape index (κ3) is 6.62. The van der Waals surface area contributed by atoms with E-state index < -0.39 is 0 Å². The first kappa shape index (κ1) is 25.2. The lowest BCUT2D eigenvalue weighted by Gasteiger charge is -2.14. The van der Waals surface area contributed by atoms with Gasteiger partial charge in [0.05, 0.1) is 23.4 Å². The summed E-state index contributed by atoms with van der Waals surface area (Å²) in [6, 6.07) is 14.2. The number of nitrogens with zero attached hydrogens (tertiary/aromatic N) is 1. The van der Waals surface area contributed by atoms with Crippen molar-refractivity contribution in [2.24, 2.45) is 5.10 Å². The van der Waals surface area contributed by atoms with Gasteiger partial charge in [-0.25, -0.2) is 5.43 Å². The summed E-state index contributed by atoms with van der Waals surface area (Å²) in [5.41, 5.74) is 4.77. The maximum Gasteiger partial charge on any atom is 0.259 e. The summed E-state index contributed by atoms with van der Waals surface area (Å²) in [6.45, 7) is 0.488. The minimum absolute atomic E-state index is 0.0396. The maximum atomic E-state index is 12.1. The van der Waals surface area contributed by atoms with Crippen LogP contribution >= 0.6 is 45.8 Å². The van der Waals surface area contributed by atoms with Crippen molar-refractivity contribution in [3.8, 4) is 23.0 Å². The number of hydrazone groups is 1. The molecule has 0 spiro atoms. The highest BCUT2D eigenvalue weighted by Gasteiger charge is 2.14. The van der Waals surface area contributed by atoms with Gasteiger partial charge in [0.25, 0.3) is 5.91 Å². The molecule has 0 aromatic heterocycles. The molecule has 3 aromatic carbocycles. The average Bonchev–Trinajstić information content (AvgIpc) is 3.31. The molecule has 1 heterocycles. The number of halogens is 3. The quantitative estimate of drug-likeness (QED) is 0.186. The minimum Gasteiger partial charge on any atom is -0.493 e. The highest BCUT2D eigenvalue weighted by atomic mass is 127. The molecule has 0 saturated heterocycles. The van der Waals surface area contributed by atoms with Gasteiger partial charge in [-0.1, -0.05) is 29.3 Å². The van der Waals surface area contributed by atoms with Crippen LogP contribution in [0.4, 0.5) is 5.69 Å². The van der Waals surface area contributed by atoms with Gasteiger partial charge in [0.15, 0.2) is 23.0 Å². The summed E-state index contributed by atoms with van der Waals surface area (Å²) in [6.07, 6.45) is 1.53. The van der Waals surface area contributed by atoms with Crippen LogP contribution in [0.15, 0.2) is 53.6 Å². The van der Waals surface area contributed by atoms with Crippen molar-refractivity contribution in [3.05, 3.63) is 73.3 Å². The summed E-state index contributed by atoms with van der Waals surface area (Å²) in [7, 11) is 1.55. The van der Waals surface area contributed by atoms with E-state index in [1.54, 1.807) is 37.4 Å². The molecule has 1 aliphatic rings. The van der Waals surface area contributed by atoms with Gasteiger partial charge in [0.1, 0.15) is 6.61 Å². The standard InChI is InChI=1S/C24H20Cl2IN3O5/c1-32-22-7-14(6-19(27)24(22)33-12-15-2-3-16(25)8-18(15)26)10-29-30-23(31)11-28-17-4-5-20-21(9-17)35-13-34-20/h2-10,28H,11-13H2,1H3,(H,30,31)/b29-10-. The molecule has 0 unspecified atom stereocenters. The van der Waals surface area contributed by atoms with E-state index in [1.165, 1.54) is 6.21 Å². The Bertz CT molecular complexity index is 1270. The predicted octanol–water partition coefficient (Wildman–Crippen LogP) is 5.48. The number of nitrogens with one attached hydrogen (secondary N) is 2. The zero-order valence-corrected chi connectivity index (χ0v) is 22.1. The van der Waals surface area contributed by atoms with Gasteiger partial charge in [-0.3, -0.25) is 4.79 Å². The lowest BCUT2D eigenvalue weighted by atomic mass is 10.2. The minimum atomic E-state index is -0.305. The van der Waals surface area contributed by atoms with E-state index in [0.717, 1.165) is 20.4 Å². The highest BCUT2D eigenvalue weighted by Crippen LogP contribution is 2.35. The van der Waals surface area contributed by atoms with E-state index in [2.05, 4.69) is 38.4 Å². The Morgan fingerprint density at radius 3 is 2.77 bits per heavy atom. The largest absolute Gasteiger partial charge is 0.493 e. The molecule has 1 aliphatic heterocycles. The highest BCUT2D eigenvalue weighted by molar-refractivity contribution is 14.1. The Labute approximate surface area is 225 Å². The lowest BCUT2D eigenvalue weighted by Crippen LogP contribution is -2.25. The summed E-state index contributed by atoms with van der Waals surface area (Å²) < 4.78 is 22.9. The van der Waals surface area contributed by atoms with Crippen LogP contribution in [-0.2, 0) is 11.4 Å². The molecule has 0 radical (unpaired) electrons. The van der Waals surface area contributed by atoms with Gasteiger partial charge < -0.3 is 24.3 Å². The number of rotatable bonds is 9. The molecule has 1 amide bonds. The fraction of sp³-hybridized carbons (Fsp3) is 0.167. The van der Waals surface area contributed by atoms with Crippen molar-refractivity contribution in [1.29, 1.82) is 0 Å². The van der Waals surface area contributed by atoms with Crippen LogP contribution in [-0.4, -0.2) is 32.6 Å². The van der Waals surface area contributed by atoms with Crippen LogP contribution in [0.25, 0.3) is 0 Å².